The summed E-state index contributed by atoms with van der Waals surface area (Å²) in [5, 5.41) is 10.9. The maximum atomic E-state index is 12.1. The standard InChI is InChI=1S/C24H35N3O2/c1-16(2)17-7-9-18(10-8-17)26-13-11-19(12-14-26)27-21-6-4-3-5-20(21)23(24(25)29)22(27)15-28/h3-6,16-19,28H,7-15H2,1-2H3,(H2,25,29). The molecule has 1 saturated heterocycles. The lowest BCUT2D eigenvalue weighted by molar-refractivity contribution is 0.0879. The van der Waals surface area contributed by atoms with Crippen LogP contribution in [0.4, 0.5) is 0 Å². The number of hydrogen-bond acceptors (Lipinski definition) is 3. The van der Waals surface area contributed by atoms with E-state index in [4.69, 9.17) is 5.73 Å². The van der Waals surface area contributed by atoms with Crippen molar-refractivity contribution in [2.45, 2.75) is 71.1 Å². The topological polar surface area (TPSA) is 71.5 Å². The van der Waals surface area contributed by atoms with Crippen LogP contribution in [0.2, 0.25) is 0 Å². The van der Waals surface area contributed by atoms with Crippen LogP contribution in [0.25, 0.3) is 10.9 Å². The van der Waals surface area contributed by atoms with Crippen molar-refractivity contribution in [2.24, 2.45) is 17.6 Å². The molecule has 158 valence electrons. The number of rotatable bonds is 5. The van der Waals surface area contributed by atoms with Crippen LogP contribution in [-0.4, -0.2) is 39.6 Å². The van der Waals surface area contributed by atoms with E-state index in [1.807, 2.05) is 24.3 Å². The number of para-hydroxylation sites is 1. The fourth-order valence-corrected chi connectivity index (χ4v) is 5.81. The van der Waals surface area contributed by atoms with Gasteiger partial charge < -0.3 is 20.3 Å². The number of fused-ring (bicyclic) bond motifs is 1. The van der Waals surface area contributed by atoms with Gasteiger partial charge in [-0.3, -0.25) is 4.79 Å². The number of carbonyl (C=O) groups is 1. The molecule has 2 fully saturated rings. The van der Waals surface area contributed by atoms with Crippen molar-refractivity contribution in [3.8, 4) is 0 Å². The van der Waals surface area contributed by atoms with Crippen molar-refractivity contribution in [1.82, 2.24) is 9.47 Å². The van der Waals surface area contributed by atoms with Gasteiger partial charge in [0.15, 0.2) is 0 Å². The first-order valence-electron chi connectivity index (χ1n) is 11.3. The van der Waals surface area contributed by atoms with Crippen molar-refractivity contribution in [2.75, 3.05) is 13.1 Å². The van der Waals surface area contributed by atoms with Crippen LogP contribution in [0, 0.1) is 11.8 Å². The Hall–Kier alpha value is -1.85. The monoisotopic (exact) mass is 397 g/mol. The minimum atomic E-state index is -0.455. The lowest BCUT2D eigenvalue weighted by Crippen LogP contribution is -2.44. The van der Waals surface area contributed by atoms with E-state index in [1.54, 1.807) is 0 Å². The molecule has 2 heterocycles. The number of likely N-dealkylation sites (tertiary alicyclic amines) is 1. The third-order valence-electron chi connectivity index (χ3n) is 7.47. The summed E-state index contributed by atoms with van der Waals surface area (Å²) < 4.78 is 2.20. The van der Waals surface area contributed by atoms with E-state index in [0.717, 1.165) is 54.7 Å². The lowest BCUT2D eigenvalue weighted by atomic mass is 9.79. The maximum absolute atomic E-state index is 12.1. The van der Waals surface area contributed by atoms with Gasteiger partial charge in [-0.15, -0.1) is 0 Å². The predicted octanol–water partition coefficient (Wildman–Crippen LogP) is 4.08. The Morgan fingerprint density at radius 1 is 1.07 bits per heavy atom. The smallest absolute Gasteiger partial charge is 0.251 e. The number of nitrogens with zero attached hydrogens (tertiary/aromatic N) is 2. The Morgan fingerprint density at radius 2 is 1.72 bits per heavy atom. The molecule has 0 radical (unpaired) electrons. The maximum Gasteiger partial charge on any atom is 0.251 e. The Bertz CT molecular complexity index is 856. The van der Waals surface area contributed by atoms with E-state index >= 15 is 0 Å². The average Bonchev–Trinajstić information content (AvgIpc) is 3.08. The van der Waals surface area contributed by atoms with Gasteiger partial charge in [-0.1, -0.05) is 32.0 Å². The molecule has 0 atom stereocenters. The molecule has 1 aliphatic carbocycles. The van der Waals surface area contributed by atoms with Crippen LogP contribution in [0.3, 0.4) is 0 Å². The minimum Gasteiger partial charge on any atom is -0.390 e. The molecule has 2 aromatic rings. The van der Waals surface area contributed by atoms with Crippen LogP contribution >= 0.6 is 0 Å². The summed E-state index contributed by atoms with van der Waals surface area (Å²) in [4.78, 5) is 14.8. The number of amides is 1. The number of aliphatic hydroxyl groups excluding tert-OH is 1. The number of aliphatic hydroxyl groups is 1. The van der Waals surface area contributed by atoms with Crippen LogP contribution < -0.4 is 5.73 Å². The molecule has 1 aromatic carbocycles. The minimum absolute atomic E-state index is 0.160. The third kappa shape index (κ3) is 3.82. The van der Waals surface area contributed by atoms with E-state index in [1.165, 1.54) is 25.7 Å². The summed E-state index contributed by atoms with van der Waals surface area (Å²) in [5.41, 5.74) is 7.85. The van der Waals surface area contributed by atoms with Gasteiger partial charge in [-0.25, -0.2) is 0 Å². The Balaban J connectivity index is 1.51. The van der Waals surface area contributed by atoms with Crippen molar-refractivity contribution in [1.29, 1.82) is 0 Å². The highest BCUT2D eigenvalue weighted by Gasteiger charge is 2.32. The van der Waals surface area contributed by atoms with Gasteiger partial charge in [0.2, 0.25) is 0 Å². The van der Waals surface area contributed by atoms with Crippen LogP contribution in [0.15, 0.2) is 24.3 Å². The molecule has 1 aromatic heterocycles. The van der Waals surface area contributed by atoms with Crippen molar-refractivity contribution >= 4 is 16.8 Å². The zero-order valence-electron chi connectivity index (χ0n) is 17.8. The summed E-state index contributed by atoms with van der Waals surface area (Å²) in [6.07, 6.45) is 7.48. The van der Waals surface area contributed by atoms with E-state index in [0.29, 0.717) is 17.3 Å². The Labute approximate surface area is 173 Å². The first kappa shape index (κ1) is 20.4. The summed E-state index contributed by atoms with van der Waals surface area (Å²) in [6.45, 7) is 6.73. The molecule has 1 amide bonds. The number of hydrogen-bond donors (Lipinski definition) is 2. The number of nitrogens with two attached hydrogens (primary N) is 1. The van der Waals surface area contributed by atoms with Crippen molar-refractivity contribution < 1.29 is 9.90 Å². The molecule has 5 heteroatoms. The zero-order valence-corrected chi connectivity index (χ0v) is 17.8. The van der Waals surface area contributed by atoms with Gasteiger partial charge >= 0.3 is 0 Å². The fraction of sp³-hybridized carbons (Fsp3) is 0.625. The highest BCUT2D eigenvalue weighted by Crippen LogP contribution is 2.37. The van der Waals surface area contributed by atoms with E-state index < -0.39 is 5.91 Å². The van der Waals surface area contributed by atoms with Crippen molar-refractivity contribution in [3.05, 3.63) is 35.5 Å². The molecule has 2 aliphatic rings. The highest BCUT2D eigenvalue weighted by atomic mass is 16.3. The largest absolute Gasteiger partial charge is 0.390 e. The molecule has 0 bridgehead atoms. The second-order valence-electron chi connectivity index (χ2n) is 9.31. The Kier molecular flexibility index (Phi) is 5.98. The normalized spacial score (nSPS) is 24.4. The molecule has 4 rings (SSSR count). The predicted molar refractivity (Wildman–Crippen MR) is 117 cm³/mol. The highest BCUT2D eigenvalue weighted by molar-refractivity contribution is 6.07. The van der Waals surface area contributed by atoms with Crippen LogP contribution in [-0.2, 0) is 6.61 Å². The van der Waals surface area contributed by atoms with Gasteiger partial charge in [0.05, 0.1) is 17.9 Å². The quantitative estimate of drug-likeness (QED) is 0.798. The summed E-state index contributed by atoms with van der Waals surface area (Å²) in [5.74, 6) is 1.25. The van der Waals surface area contributed by atoms with E-state index in [2.05, 4.69) is 23.3 Å². The molecule has 1 aliphatic heterocycles. The van der Waals surface area contributed by atoms with Crippen LogP contribution in [0.5, 0.6) is 0 Å². The van der Waals surface area contributed by atoms with E-state index in [-0.39, 0.29) is 6.61 Å². The zero-order chi connectivity index (χ0) is 20.5. The van der Waals surface area contributed by atoms with E-state index in [9.17, 15) is 9.90 Å². The van der Waals surface area contributed by atoms with Gasteiger partial charge in [-0.05, 0) is 56.4 Å². The number of carbonyl (C=O) groups excluding carboxylic acids is 1. The molecule has 3 N–H and O–H groups in total. The van der Waals surface area contributed by atoms with Crippen molar-refractivity contribution in [3.63, 3.8) is 0 Å². The molecule has 29 heavy (non-hydrogen) atoms. The number of piperidine rings is 1. The number of primary amides is 1. The third-order valence-corrected chi connectivity index (χ3v) is 7.47. The first-order chi connectivity index (χ1) is 14.0. The summed E-state index contributed by atoms with van der Waals surface area (Å²) in [7, 11) is 0. The van der Waals surface area contributed by atoms with Crippen LogP contribution in [0.1, 0.15) is 74.5 Å². The first-order valence-corrected chi connectivity index (χ1v) is 11.3. The SMILES string of the molecule is CC(C)C1CCC(N2CCC(n3c(CO)c(C(N)=O)c4ccccc43)CC2)CC1. The summed E-state index contributed by atoms with van der Waals surface area (Å²) in [6, 6.07) is 8.93. The average molecular weight is 398 g/mol. The number of aromatic nitrogens is 1. The Morgan fingerprint density at radius 3 is 2.31 bits per heavy atom. The molecule has 5 nitrogen and oxygen atoms in total. The summed E-state index contributed by atoms with van der Waals surface area (Å²) >= 11 is 0. The fourth-order valence-electron chi connectivity index (χ4n) is 5.81. The van der Waals surface area contributed by atoms with Gasteiger partial charge in [0.1, 0.15) is 0 Å². The second kappa shape index (κ2) is 8.49. The van der Waals surface area contributed by atoms with Gasteiger partial charge in [0, 0.05) is 36.1 Å². The second-order valence-corrected chi connectivity index (χ2v) is 9.31. The molecular formula is C24H35N3O2. The van der Waals surface area contributed by atoms with Gasteiger partial charge in [0.25, 0.3) is 5.91 Å². The molecule has 0 spiro atoms. The molecule has 1 saturated carbocycles. The van der Waals surface area contributed by atoms with Gasteiger partial charge in [-0.2, -0.15) is 0 Å². The lowest BCUT2D eigenvalue weighted by Gasteiger charge is -2.42. The molecular weight excluding hydrogens is 362 g/mol. The number of benzene rings is 1. The molecule has 0 unspecified atom stereocenters.